The van der Waals surface area contributed by atoms with E-state index in [0.29, 0.717) is 34.7 Å². The Bertz CT molecular complexity index is 933. The highest BCUT2D eigenvalue weighted by Gasteiger charge is 2.16. The number of carbonyl (C=O) groups excluding carboxylic acids is 1. The third kappa shape index (κ3) is 6.23. The Morgan fingerprint density at radius 1 is 1.28 bits per heavy atom. The van der Waals surface area contributed by atoms with Gasteiger partial charge in [-0.05, 0) is 43.2 Å². The zero-order valence-electron chi connectivity index (χ0n) is 16.4. The molecule has 1 amide bonds. The van der Waals surface area contributed by atoms with Gasteiger partial charge in [-0.15, -0.1) is 0 Å². The lowest BCUT2D eigenvalue weighted by Crippen LogP contribution is -2.27. The average Bonchev–Trinajstić information content (AvgIpc) is 2.73. The minimum atomic E-state index is -0.444. The Hall–Kier alpha value is -3.04. The lowest BCUT2D eigenvalue weighted by Gasteiger charge is -2.15. The minimum absolute atomic E-state index is 0.00399. The van der Waals surface area contributed by atoms with E-state index in [9.17, 15) is 10.1 Å². The summed E-state index contributed by atoms with van der Waals surface area (Å²) < 4.78 is 11.9. The normalized spacial score (nSPS) is 11.9. The molecule has 0 unspecified atom stereocenters. The van der Waals surface area contributed by atoms with E-state index < -0.39 is 5.91 Å². The van der Waals surface area contributed by atoms with Crippen LogP contribution in [0.1, 0.15) is 31.0 Å². The highest BCUT2D eigenvalue weighted by molar-refractivity contribution is 9.10. The van der Waals surface area contributed by atoms with E-state index >= 15 is 0 Å². The predicted octanol–water partition coefficient (Wildman–Crippen LogP) is 5.20. The summed E-state index contributed by atoms with van der Waals surface area (Å²) in [4.78, 5) is 12.6. The fourth-order valence-corrected chi connectivity index (χ4v) is 3.03. The SMILES string of the molecule is C=CCOc1cc(Br)c(/C=C(/C#N)C(=O)N[C@@H](C)c2ccccc2)cc1OCC. The average molecular weight is 455 g/mol. The van der Waals surface area contributed by atoms with Crippen LogP contribution in [0.25, 0.3) is 6.08 Å². The molecule has 0 aromatic heterocycles. The van der Waals surface area contributed by atoms with Crippen molar-refractivity contribution in [3.63, 3.8) is 0 Å². The van der Waals surface area contributed by atoms with Crippen molar-refractivity contribution in [1.82, 2.24) is 5.32 Å². The first-order valence-corrected chi connectivity index (χ1v) is 9.97. The summed E-state index contributed by atoms with van der Waals surface area (Å²) in [6.45, 7) is 8.17. The van der Waals surface area contributed by atoms with Crippen LogP contribution in [0, 0.1) is 11.3 Å². The second-order valence-corrected chi connectivity index (χ2v) is 6.98. The largest absolute Gasteiger partial charge is 0.490 e. The van der Waals surface area contributed by atoms with E-state index in [4.69, 9.17) is 9.47 Å². The van der Waals surface area contributed by atoms with Gasteiger partial charge in [0.05, 0.1) is 12.6 Å². The molecule has 0 aliphatic carbocycles. The van der Waals surface area contributed by atoms with Gasteiger partial charge < -0.3 is 14.8 Å². The van der Waals surface area contributed by atoms with Crippen LogP contribution < -0.4 is 14.8 Å². The van der Waals surface area contributed by atoms with Gasteiger partial charge in [0, 0.05) is 4.47 Å². The first-order chi connectivity index (χ1) is 14.0. The number of rotatable bonds is 9. The zero-order valence-corrected chi connectivity index (χ0v) is 18.0. The molecule has 0 radical (unpaired) electrons. The van der Waals surface area contributed by atoms with Crippen molar-refractivity contribution in [2.75, 3.05) is 13.2 Å². The van der Waals surface area contributed by atoms with Gasteiger partial charge in [0.25, 0.3) is 5.91 Å². The van der Waals surface area contributed by atoms with E-state index in [0.717, 1.165) is 5.56 Å². The summed E-state index contributed by atoms with van der Waals surface area (Å²) in [5.41, 5.74) is 1.59. The molecule has 6 heteroatoms. The highest BCUT2D eigenvalue weighted by atomic mass is 79.9. The van der Waals surface area contributed by atoms with Crippen LogP contribution in [0.15, 0.2) is 65.2 Å². The Labute approximate surface area is 179 Å². The number of nitrogens with zero attached hydrogens (tertiary/aromatic N) is 1. The standard InChI is InChI=1S/C23H23BrN2O3/c1-4-11-29-22-14-20(24)18(13-21(22)28-5-2)12-19(15-25)23(27)26-16(3)17-9-7-6-8-10-17/h4,6-10,12-14,16H,1,5,11H2,2-3H3,(H,26,27)/b19-12-/t16-/m0/s1. The predicted molar refractivity (Wildman–Crippen MR) is 118 cm³/mol. The number of hydrogen-bond donors (Lipinski definition) is 1. The fraction of sp³-hybridized carbons (Fsp3) is 0.217. The molecular weight excluding hydrogens is 432 g/mol. The molecular formula is C23H23BrN2O3. The van der Waals surface area contributed by atoms with Crippen LogP contribution in [0.4, 0.5) is 0 Å². The molecule has 29 heavy (non-hydrogen) atoms. The molecule has 5 nitrogen and oxygen atoms in total. The molecule has 0 aliphatic rings. The topological polar surface area (TPSA) is 71.3 Å². The zero-order chi connectivity index (χ0) is 21.2. The molecule has 0 bridgehead atoms. The van der Waals surface area contributed by atoms with Gasteiger partial charge in [-0.25, -0.2) is 0 Å². The summed E-state index contributed by atoms with van der Waals surface area (Å²) >= 11 is 3.47. The molecule has 0 spiro atoms. The Morgan fingerprint density at radius 3 is 2.59 bits per heavy atom. The molecule has 0 saturated carbocycles. The van der Waals surface area contributed by atoms with Gasteiger partial charge in [-0.3, -0.25) is 4.79 Å². The molecule has 0 fully saturated rings. The second-order valence-electron chi connectivity index (χ2n) is 6.13. The summed E-state index contributed by atoms with van der Waals surface area (Å²) in [6.07, 6.45) is 3.17. The van der Waals surface area contributed by atoms with E-state index in [1.54, 1.807) is 18.2 Å². The maximum atomic E-state index is 12.6. The van der Waals surface area contributed by atoms with Gasteiger partial charge >= 0.3 is 0 Å². The van der Waals surface area contributed by atoms with Crippen molar-refractivity contribution in [2.45, 2.75) is 19.9 Å². The first kappa shape index (κ1) is 22.3. The monoisotopic (exact) mass is 454 g/mol. The summed E-state index contributed by atoms with van der Waals surface area (Å²) in [7, 11) is 0. The van der Waals surface area contributed by atoms with E-state index in [1.807, 2.05) is 50.2 Å². The van der Waals surface area contributed by atoms with Crippen LogP contribution in [0.5, 0.6) is 11.5 Å². The van der Waals surface area contributed by atoms with Gasteiger partial charge in [0.2, 0.25) is 0 Å². The molecule has 150 valence electrons. The second kappa shape index (κ2) is 11.1. The summed E-state index contributed by atoms with van der Waals surface area (Å²) in [6, 6.07) is 14.8. The van der Waals surface area contributed by atoms with Gasteiger partial charge in [-0.1, -0.05) is 58.9 Å². The van der Waals surface area contributed by atoms with Crippen molar-refractivity contribution < 1.29 is 14.3 Å². The Kier molecular flexibility index (Phi) is 8.50. The minimum Gasteiger partial charge on any atom is -0.490 e. The lowest BCUT2D eigenvalue weighted by atomic mass is 10.1. The Morgan fingerprint density at radius 2 is 1.97 bits per heavy atom. The quantitative estimate of drug-likeness (QED) is 0.321. The third-order valence-electron chi connectivity index (χ3n) is 4.03. The summed E-state index contributed by atoms with van der Waals surface area (Å²) in [5.74, 6) is 0.635. The lowest BCUT2D eigenvalue weighted by molar-refractivity contribution is -0.117. The molecule has 2 aromatic carbocycles. The molecule has 1 N–H and O–H groups in total. The van der Waals surface area contributed by atoms with Crippen molar-refractivity contribution in [1.29, 1.82) is 5.26 Å². The molecule has 2 aromatic rings. The molecule has 0 aliphatic heterocycles. The summed E-state index contributed by atoms with van der Waals surface area (Å²) in [5, 5.41) is 12.4. The molecule has 2 rings (SSSR count). The molecule has 0 saturated heterocycles. The highest BCUT2D eigenvalue weighted by Crippen LogP contribution is 2.35. The third-order valence-corrected chi connectivity index (χ3v) is 4.72. The van der Waals surface area contributed by atoms with Gasteiger partial charge in [0.1, 0.15) is 18.2 Å². The number of hydrogen-bond acceptors (Lipinski definition) is 4. The maximum Gasteiger partial charge on any atom is 0.262 e. The number of amides is 1. The van der Waals surface area contributed by atoms with Gasteiger partial charge in [-0.2, -0.15) is 5.26 Å². The number of nitriles is 1. The van der Waals surface area contributed by atoms with E-state index in [-0.39, 0.29) is 11.6 Å². The number of ether oxygens (including phenoxy) is 2. The van der Waals surface area contributed by atoms with Gasteiger partial charge in [0.15, 0.2) is 11.5 Å². The molecule has 0 heterocycles. The maximum absolute atomic E-state index is 12.6. The van der Waals surface area contributed by atoms with E-state index in [1.165, 1.54) is 6.08 Å². The first-order valence-electron chi connectivity index (χ1n) is 9.17. The number of benzene rings is 2. The van der Waals surface area contributed by atoms with Crippen molar-refractivity contribution in [3.05, 3.63) is 76.3 Å². The van der Waals surface area contributed by atoms with Crippen molar-refractivity contribution in [2.24, 2.45) is 0 Å². The number of carbonyl (C=O) groups is 1. The fourth-order valence-electron chi connectivity index (χ4n) is 2.59. The smallest absolute Gasteiger partial charge is 0.262 e. The van der Waals surface area contributed by atoms with Crippen LogP contribution in [-0.4, -0.2) is 19.1 Å². The van der Waals surface area contributed by atoms with Crippen LogP contribution in [0.3, 0.4) is 0 Å². The Balaban J connectivity index is 2.29. The van der Waals surface area contributed by atoms with Crippen LogP contribution in [0.2, 0.25) is 0 Å². The molecule has 1 atom stereocenters. The number of nitrogens with one attached hydrogen (secondary N) is 1. The van der Waals surface area contributed by atoms with Crippen molar-refractivity contribution in [3.8, 4) is 17.6 Å². The van der Waals surface area contributed by atoms with Crippen LogP contribution >= 0.6 is 15.9 Å². The van der Waals surface area contributed by atoms with Crippen LogP contribution in [-0.2, 0) is 4.79 Å². The number of halogens is 1. The van der Waals surface area contributed by atoms with E-state index in [2.05, 4.69) is 27.8 Å². The van der Waals surface area contributed by atoms with Crippen molar-refractivity contribution >= 4 is 27.9 Å².